The fourth-order valence-electron chi connectivity index (χ4n) is 3.41. The molecule has 150 valence electrons. The van der Waals surface area contributed by atoms with Crippen LogP contribution in [-0.4, -0.2) is 36.1 Å². The number of halogens is 1. The van der Waals surface area contributed by atoms with Gasteiger partial charge in [-0.3, -0.25) is 9.98 Å². The SMILES string of the molecule is CCc1cccc2c(CCNC(=NC)NCCc3ccncc3C)c[nH]c12.I. The normalized spacial score (nSPS) is 11.3. The molecule has 2 heterocycles. The second-order valence-corrected chi connectivity index (χ2v) is 6.74. The zero-order valence-electron chi connectivity index (χ0n) is 16.9. The van der Waals surface area contributed by atoms with Crippen molar-refractivity contribution in [1.29, 1.82) is 0 Å². The number of rotatable bonds is 7. The first kappa shape index (κ1) is 22.2. The molecular formula is C22H30IN5. The maximum Gasteiger partial charge on any atom is 0.190 e. The third-order valence-corrected chi connectivity index (χ3v) is 5.00. The van der Waals surface area contributed by atoms with Crippen molar-refractivity contribution < 1.29 is 0 Å². The topological polar surface area (TPSA) is 65.1 Å². The number of benzene rings is 1. The van der Waals surface area contributed by atoms with E-state index in [1.165, 1.54) is 33.2 Å². The van der Waals surface area contributed by atoms with Gasteiger partial charge >= 0.3 is 0 Å². The Bertz CT molecular complexity index is 916. The van der Waals surface area contributed by atoms with E-state index in [0.29, 0.717) is 0 Å². The summed E-state index contributed by atoms with van der Waals surface area (Å²) in [5.41, 5.74) is 6.53. The molecular weight excluding hydrogens is 461 g/mol. The van der Waals surface area contributed by atoms with Gasteiger partial charge in [0.25, 0.3) is 0 Å². The van der Waals surface area contributed by atoms with E-state index in [1.54, 1.807) is 0 Å². The minimum atomic E-state index is 0. The number of pyridine rings is 1. The summed E-state index contributed by atoms with van der Waals surface area (Å²) in [6, 6.07) is 8.61. The second kappa shape index (κ2) is 11.0. The maximum atomic E-state index is 4.32. The molecule has 0 radical (unpaired) electrons. The summed E-state index contributed by atoms with van der Waals surface area (Å²) in [6.07, 6.45) is 8.85. The molecule has 0 unspecified atom stereocenters. The molecule has 0 aliphatic carbocycles. The maximum absolute atomic E-state index is 4.32. The van der Waals surface area contributed by atoms with E-state index in [1.807, 2.05) is 19.4 Å². The van der Waals surface area contributed by atoms with Gasteiger partial charge in [-0.1, -0.05) is 25.1 Å². The molecule has 3 aromatic rings. The number of aromatic nitrogens is 2. The molecule has 0 spiro atoms. The van der Waals surface area contributed by atoms with Crippen molar-refractivity contribution in [2.24, 2.45) is 4.99 Å². The monoisotopic (exact) mass is 491 g/mol. The summed E-state index contributed by atoms with van der Waals surface area (Å²) < 4.78 is 0. The van der Waals surface area contributed by atoms with Crippen LogP contribution in [-0.2, 0) is 19.3 Å². The van der Waals surface area contributed by atoms with Gasteiger partial charge in [0.05, 0.1) is 0 Å². The Kier molecular flexibility index (Phi) is 8.76. The number of guanidine groups is 1. The van der Waals surface area contributed by atoms with E-state index in [2.05, 4.69) is 69.9 Å². The molecule has 0 atom stereocenters. The Morgan fingerprint density at radius 2 is 1.82 bits per heavy atom. The first-order chi connectivity index (χ1) is 13.2. The third kappa shape index (κ3) is 5.47. The van der Waals surface area contributed by atoms with E-state index in [-0.39, 0.29) is 24.0 Å². The summed E-state index contributed by atoms with van der Waals surface area (Å²) in [5, 5.41) is 8.13. The van der Waals surface area contributed by atoms with Crippen molar-refractivity contribution in [3.8, 4) is 0 Å². The summed E-state index contributed by atoms with van der Waals surface area (Å²) in [4.78, 5) is 11.9. The zero-order chi connectivity index (χ0) is 19.1. The van der Waals surface area contributed by atoms with Gasteiger partial charge in [-0.25, -0.2) is 0 Å². The smallest absolute Gasteiger partial charge is 0.190 e. The van der Waals surface area contributed by atoms with Gasteiger partial charge in [0, 0.05) is 49.6 Å². The van der Waals surface area contributed by atoms with Crippen LogP contribution in [0.15, 0.2) is 47.8 Å². The molecule has 0 amide bonds. The molecule has 2 aromatic heterocycles. The van der Waals surface area contributed by atoms with Crippen LogP contribution in [0.25, 0.3) is 10.9 Å². The lowest BCUT2D eigenvalue weighted by molar-refractivity contribution is 0.783. The van der Waals surface area contributed by atoms with Crippen molar-refractivity contribution in [1.82, 2.24) is 20.6 Å². The van der Waals surface area contributed by atoms with Crippen molar-refractivity contribution >= 4 is 40.8 Å². The van der Waals surface area contributed by atoms with Crippen LogP contribution >= 0.6 is 24.0 Å². The fraction of sp³-hybridized carbons (Fsp3) is 0.364. The highest BCUT2D eigenvalue weighted by atomic mass is 127. The number of fused-ring (bicyclic) bond motifs is 1. The molecule has 3 rings (SSSR count). The van der Waals surface area contributed by atoms with Gasteiger partial charge in [-0.2, -0.15) is 0 Å². The van der Waals surface area contributed by atoms with Crippen LogP contribution < -0.4 is 10.6 Å². The molecule has 0 aliphatic rings. The molecule has 0 bridgehead atoms. The predicted molar refractivity (Wildman–Crippen MR) is 129 cm³/mol. The molecule has 0 saturated carbocycles. The first-order valence-electron chi connectivity index (χ1n) is 9.64. The molecule has 6 heteroatoms. The lowest BCUT2D eigenvalue weighted by Gasteiger charge is -2.12. The molecule has 3 N–H and O–H groups in total. The average molecular weight is 491 g/mol. The summed E-state index contributed by atoms with van der Waals surface area (Å²) in [5.74, 6) is 0.843. The third-order valence-electron chi connectivity index (χ3n) is 5.00. The lowest BCUT2D eigenvalue weighted by Crippen LogP contribution is -2.39. The highest BCUT2D eigenvalue weighted by molar-refractivity contribution is 14.0. The van der Waals surface area contributed by atoms with Gasteiger partial charge < -0.3 is 15.6 Å². The molecule has 28 heavy (non-hydrogen) atoms. The first-order valence-corrected chi connectivity index (χ1v) is 9.64. The summed E-state index contributed by atoms with van der Waals surface area (Å²) >= 11 is 0. The molecule has 1 aromatic carbocycles. The number of aromatic amines is 1. The molecule has 0 saturated heterocycles. The number of aliphatic imine (C=N–C) groups is 1. The standard InChI is InChI=1S/C22H29N5.HI/c1-4-17-6-5-7-20-19(15-27-21(17)20)10-13-26-22(23-3)25-12-9-18-8-11-24-14-16(18)2;/h5-8,11,14-15,27H,4,9-10,12-13H2,1-3H3,(H2,23,25,26);1H. The number of nitrogens with zero attached hydrogens (tertiary/aromatic N) is 2. The lowest BCUT2D eigenvalue weighted by atomic mass is 10.1. The zero-order valence-corrected chi connectivity index (χ0v) is 19.2. The Morgan fingerprint density at radius 1 is 1.07 bits per heavy atom. The summed E-state index contributed by atoms with van der Waals surface area (Å²) in [6.45, 7) is 5.98. The Hall–Kier alpha value is -2.09. The average Bonchev–Trinajstić information content (AvgIpc) is 3.11. The van der Waals surface area contributed by atoms with Gasteiger partial charge in [-0.15, -0.1) is 24.0 Å². The van der Waals surface area contributed by atoms with E-state index in [0.717, 1.165) is 38.3 Å². The number of hydrogen-bond acceptors (Lipinski definition) is 2. The number of para-hydroxylation sites is 1. The van der Waals surface area contributed by atoms with Gasteiger partial charge in [0.1, 0.15) is 0 Å². The number of H-pyrrole nitrogens is 1. The van der Waals surface area contributed by atoms with Gasteiger partial charge in [-0.05, 0) is 54.5 Å². The van der Waals surface area contributed by atoms with Crippen molar-refractivity contribution in [3.05, 3.63) is 65.1 Å². The predicted octanol–water partition coefficient (Wildman–Crippen LogP) is 4.00. The number of hydrogen-bond donors (Lipinski definition) is 3. The van der Waals surface area contributed by atoms with Crippen LogP contribution in [0.5, 0.6) is 0 Å². The largest absolute Gasteiger partial charge is 0.361 e. The van der Waals surface area contributed by atoms with E-state index < -0.39 is 0 Å². The van der Waals surface area contributed by atoms with E-state index >= 15 is 0 Å². The Labute approximate surface area is 184 Å². The Morgan fingerprint density at radius 3 is 2.50 bits per heavy atom. The van der Waals surface area contributed by atoms with Crippen LogP contribution in [0.4, 0.5) is 0 Å². The second-order valence-electron chi connectivity index (χ2n) is 6.74. The van der Waals surface area contributed by atoms with E-state index in [4.69, 9.17) is 0 Å². The molecule has 5 nitrogen and oxygen atoms in total. The van der Waals surface area contributed by atoms with Crippen LogP contribution in [0.2, 0.25) is 0 Å². The molecule has 0 aliphatic heterocycles. The number of nitrogens with one attached hydrogen (secondary N) is 3. The van der Waals surface area contributed by atoms with Crippen LogP contribution in [0.3, 0.4) is 0 Å². The van der Waals surface area contributed by atoms with Gasteiger partial charge in [0.2, 0.25) is 0 Å². The van der Waals surface area contributed by atoms with Crippen molar-refractivity contribution in [2.75, 3.05) is 20.1 Å². The van der Waals surface area contributed by atoms with Crippen LogP contribution in [0, 0.1) is 6.92 Å². The highest BCUT2D eigenvalue weighted by Gasteiger charge is 2.07. The van der Waals surface area contributed by atoms with Gasteiger partial charge in [0.15, 0.2) is 5.96 Å². The minimum absolute atomic E-state index is 0. The minimum Gasteiger partial charge on any atom is -0.361 e. The summed E-state index contributed by atoms with van der Waals surface area (Å²) in [7, 11) is 1.81. The van der Waals surface area contributed by atoms with Crippen molar-refractivity contribution in [2.45, 2.75) is 33.1 Å². The highest BCUT2D eigenvalue weighted by Crippen LogP contribution is 2.22. The number of aryl methyl sites for hydroxylation is 2. The van der Waals surface area contributed by atoms with Crippen molar-refractivity contribution in [3.63, 3.8) is 0 Å². The molecule has 0 fully saturated rings. The van der Waals surface area contributed by atoms with Crippen LogP contribution in [0.1, 0.15) is 29.2 Å². The fourth-order valence-corrected chi connectivity index (χ4v) is 3.41. The van der Waals surface area contributed by atoms with E-state index in [9.17, 15) is 0 Å². The quantitative estimate of drug-likeness (QED) is 0.266. The Balaban J connectivity index is 0.00000280.